The Balaban J connectivity index is 1.85. The van der Waals surface area contributed by atoms with Crippen LogP contribution in [-0.2, 0) is 0 Å². The Kier molecular flexibility index (Phi) is 3.00. The molecule has 1 saturated heterocycles. The van der Waals surface area contributed by atoms with Crippen molar-refractivity contribution in [3.63, 3.8) is 0 Å². The van der Waals surface area contributed by atoms with Gasteiger partial charge in [-0.1, -0.05) is 12.1 Å². The van der Waals surface area contributed by atoms with Crippen molar-refractivity contribution < 1.29 is 9.52 Å². The van der Waals surface area contributed by atoms with Crippen molar-refractivity contribution in [3.8, 4) is 0 Å². The second-order valence-electron chi connectivity index (χ2n) is 5.61. The number of hydrogen-bond acceptors (Lipinski definition) is 5. The van der Waals surface area contributed by atoms with Gasteiger partial charge in [-0.3, -0.25) is 0 Å². The third-order valence-electron chi connectivity index (χ3n) is 4.22. The minimum atomic E-state index is 0.227. The van der Waals surface area contributed by atoms with Gasteiger partial charge in [-0.05, 0) is 30.9 Å². The van der Waals surface area contributed by atoms with Gasteiger partial charge in [0.25, 0.3) is 0 Å². The molecule has 5 nitrogen and oxygen atoms in total. The summed E-state index contributed by atoms with van der Waals surface area (Å²) in [4.78, 5) is 11.0. The molecule has 108 valence electrons. The molecular weight excluding hydrogens is 266 g/mol. The van der Waals surface area contributed by atoms with Crippen molar-refractivity contribution in [2.75, 3.05) is 24.6 Å². The maximum Gasteiger partial charge on any atom is 0.196 e. The normalized spacial score (nSPS) is 19.5. The van der Waals surface area contributed by atoms with Crippen LogP contribution in [0.4, 0.5) is 5.82 Å². The van der Waals surface area contributed by atoms with Gasteiger partial charge in [0.15, 0.2) is 11.4 Å². The van der Waals surface area contributed by atoms with Crippen molar-refractivity contribution >= 4 is 27.9 Å². The van der Waals surface area contributed by atoms with Gasteiger partial charge in [0.2, 0.25) is 0 Å². The van der Waals surface area contributed by atoms with E-state index in [1.165, 1.54) is 0 Å². The van der Waals surface area contributed by atoms with Crippen molar-refractivity contribution in [2.45, 2.75) is 12.8 Å². The standard InChI is InChI=1S/C16H17N3O2/c20-9-11-4-3-7-19(8-11)16-15-14(17-10-18-16)12-5-1-2-6-13(12)21-15/h1-2,5-6,10-11,20H,3-4,7-9H2/t11-/m0/s1. The predicted molar refractivity (Wildman–Crippen MR) is 81.3 cm³/mol. The van der Waals surface area contributed by atoms with Crippen LogP contribution in [0, 0.1) is 5.92 Å². The molecule has 5 heteroatoms. The fourth-order valence-corrected chi connectivity index (χ4v) is 3.14. The first-order valence-electron chi connectivity index (χ1n) is 7.35. The number of fused-ring (bicyclic) bond motifs is 3. The number of piperidine rings is 1. The Morgan fingerprint density at radius 3 is 3.10 bits per heavy atom. The molecule has 0 saturated carbocycles. The van der Waals surface area contributed by atoms with Crippen molar-refractivity contribution in [1.29, 1.82) is 0 Å². The Morgan fingerprint density at radius 2 is 2.19 bits per heavy atom. The molecule has 2 aromatic heterocycles. The number of aliphatic hydroxyl groups excluding tert-OH is 1. The number of benzene rings is 1. The van der Waals surface area contributed by atoms with Crippen LogP contribution < -0.4 is 4.90 Å². The van der Waals surface area contributed by atoms with Crippen LogP contribution >= 0.6 is 0 Å². The first-order chi connectivity index (χ1) is 10.4. The van der Waals surface area contributed by atoms with E-state index >= 15 is 0 Å². The number of aliphatic hydroxyl groups is 1. The van der Waals surface area contributed by atoms with Gasteiger partial charge < -0.3 is 14.4 Å². The lowest BCUT2D eigenvalue weighted by Crippen LogP contribution is -2.37. The minimum Gasteiger partial charge on any atom is -0.450 e. The third-order valence-corrected chi connectivity index (χ3v) is 4.22. The van der Waals surface area contributed by atoms with Crippen molar-refractivity contribution in [2.24, 2.45) is 5.92 Å². The van der Waals surface area contributed by atoms with Crippen LogP contribution in [0.25, 0.3) is 22.1 Å². The highest BCUT2D eigenvalue weighted by Crippen LogP contribution is 2.33. The fourth-order valence-electron chi connectivity index (χ4n) is 3.14. The summed E-state index contributed by atoms with van der Waals surface area (Å²) in [7, 11) is 0. The van der Waals surface area contributed by atoms with Gasteiger partial charge in [-0.25, -0.2) is 9.97 Å². The summed E-state index contributed by atoms with van der Waals surface area (Å²) in [5.74, 6) is 1.16. The zero-order valence-electron chi connectivity index (χ0n) is 11.7. The van der Waals surface area contributed by atoms with Crippen LogP contribution in [0.3, 0.4) is 0 Å². The number of anilines is 1. The quantitative estimate of drug-likeness (QED) is 0.783. The van der Waals surface area contributed by atoms with E-state index in [0.717, 1.165) is 53.8 Å². The second-order valence-corrected chi connectivity index (χ2v) is 5.61. The van der Waals surface area contributed by atoms with Gasteiger partial charge >= 0.3 is 0 Å². The zero-order chi connectivity index (χ0) is 14.2. The van der Waals surface area contributed by atoms with Crippen molar-refractivity contribution in [3.05, 3.63) is 30.6 Å². The molecule has 1 aromatic carbocycles. The maximum absolute atomic E-state index is 9.40. The van der Waals surface area contributed by atoms with E-state index in [-0.39, 0.29) is 6.61 Å². The largest absolute Gasteiger partial charge is 0.450 e. The highest BCUT2D eigenvalue weighted by molar-refractivity contribution is 6.05. The topological polar surface area (TPSA) is 62.4 Å². The summed E-state index contributed by atoms with van der Waals surface area (Å²) < 4.78 is 5.98. The van der Waals surface area contributed by atoms with E-state index in [2.05, 4.69) is 14.9 Å². The maximum atomic E-state index is 9.40. The average Bonchev–Trinajstić information content (AvgIpc) is 2.93. The lowest BCUT2D eigenvalue weighted by Gasteiger charge is -2.32. The van der Waals surface area contributed by atoms with Crippen LogP contribution in [0.5, 0.6) is 0 Å². The molecule has 0 unspecified atom stereocenters. The number of para-hydroxylation sites is 1. The Bertz CT molecular complexity index is 783. The molecule has 3 aromatic rings. The smallest absolute Gasteiger partial charge is 0.196 e. The van der Waals surface area contributed by atoms with Gasteiger partial charge in [0.1, 0.15) is 17.4 Å². The van der Waals surface area contributed by atoms with Gasteiger partial charge in [-0.15, -0.1) is 0 Å². The van der Waals surface area contributed by atoms with Gasteiger partial charge in [0, 0.05) is 25.1 Å². The van der Waals surface area contributed by atoms with Crippen LogP contribution in [0.2, 0.25) is 0 Å². The summed E-state index contributed by atoms with van der Waals surface area (Å²) in [6, 6.07) is 7.92. The molecule has 1 atom stereocenters. The van der Waals surface area contributed by atoms with Crippen LogP contribution in [0.1, 0.15) is 12.8 Å². The Labute approximate surface area is 122 Å². The molecule has 21 heavy (non-hydrogen) atoms. The number of aromatic nitrogens is 2. The molecule has 3 heterocycles. The molecule has 1 N–H and O–H groups in total. The summed E-state index contributed by atoms with van der Waals surface area (Å²) in [5.41, 5.74) is 2.45. The monoisotopic (exact) mass is 283 g/mol. The van der Waals surface area contributed by atoms with Crippen LogP contribution in [0.15, 0.2) is 35.0 Å². The highest BCUT2D eigenvalue weighted by Gasteiger charge is 2.24. The van der Waals surface area contributed by atoms with Crippen LogP contribution in [-0.4, -0.2) is 34.8 Å². The molecule has 1 fully saturated rings. The molecule has 0 aliphatic carbocycles. The number of furan rings is 1. The third kappa shape index (κ3) is 2.05. The van der Waals surface area contributed by atoms with E-state index in [1.807, 2.05) is 24.3 Å². The number of nitrogens with zero attached hydrogens (tertiary/aromatic N) is 3. The molecule has 0 amide bonds. The zero-order valence-corrected chi connectivity index (χ0v) is 11.7. The summed E-state index contributed by atoms with van der Waals surface area (Å²) in [6.07, 6.45) is 3.74. The molecule has 0 bridgehead atoms. The van der Waals surface area contributed by atoms with E-state index in [1.54, 1.807) is 6.33 Å². The van der Waals surface area contributed by atoms with Gasteiger partial charge in [-0.2, -0.15) is 0 Å². The molecule has 0 radical (unpaired) electrons. The summed E-state index contributed by atoms with van der Waals surface area (Å²) in [6.45, 7) is 1.99. The van der Waals surface area contributed by atoms with E-state index in [4.69, 9.17) is 4.42 Å². The SMILES string of the molecule is OC[C@H]1CCCN(c2ncnc3c2oc2ccccc23)C1. The lowest BCUT2D eigenvalue weighted by atomic mass is 9.99. The van der Waals surface area contributed by atoms with Gasteiger partial charge in [0.05, 0.1) is 0 Å². The van der Waals surface area contributed by atoms with E-state index < -0.39 is 0 Å². The Morgan fingerprint density at radius 1 is 1.29 bits per heavy atom. The minimum absolute atomic E-state index is 0.227. The first-order valence-corrected chi connectivity index (χ1v) is 7.35. The summed E-state index contributed by atoms with van der Waals surface area (Å²) in [5, 5.41) is 10.4. The second kappa shape index (κ2) is 5.00. The number of rotatable bonds is 2. The summed E-state index contributed by atoms with van der Waals surface area (Å²) >= 11 is 0. The molecule has 1 aliphatic rings. The highest BCUT2D eigenvalue weighted by atomic mass is 16.3. The van der Waals surface area contributed by atoms with Crippen molar-refractivity contribution in [1.82, 2.24) is 9.97 Å². The molecule has 4 rings (SSSR count). The van der Waals surface area contributed by atoms with E-state index in [0.29, 0.717) is 5.92 Å². The number of hydrogen-bond donors (Lipinski definition) is 1. The average molecular weight is 283 g/mol. The fraction of sp³-hybridized carbons (Fsp3) is 0.375. The molecular formula is C16H17N3O2. The Hall–Kier alpha value is -2.14. The van der Waals surface area contributed by atoms with E-state index in [9.17, 15) is 5.11 Å². The molecule has 0 spiro atoms. The lowest BCUT2D eigenvalue weighted by molar-refractivity contribution is 0.208. The molecule has 1 aliphatic heterocycles. The predicted octanol–water partition coefficient (Wildman–Crippen LogP) is 2.58. The first kappa shape index (κ1) is 12.6.